The predicted molar refractivity (Wildman–Crippen MR) is 160 cm³/mol. The van der Waals surface area contributed by atoms with Gasteiger partial charge < -0.3 is 19.4 Å². The molecule has 44 heavy (non-hydrogen) atoms. The highest BCUT2D eigenvalue weighted by Crippen LogP contribution is 2.40. The number of amides is 1. The second-order valence-electron chi connectivity index (χ2n) is 11.0. The standard InChI is InChI=1S/C31H28F4N6O2S/c1-17(32)30(42)41-12-11-40(15-18(41)8-9-36)29-23-13-24(33)22(20-6-3-7-21-26(34)28(35)44-27(20)21)14-25(23)37-31(38-29)43-16-19-5-4-10-39(19)2/h3,6-7,13-14,18-19H,1,4-5,8,10-12,15-16H2,2H3/t18-,19-/m0/s1. The van der Waals surface area contributed by atoms with Crippen LogP contribution in [0.5, 0.6) is 6.01 Å². The van der Waals surface area contributed by atoms with Gasteiger partial charge in [-0.2, -0.15) is 19.6 Å². The Morgan fingerprint density at radius 3 is 2.68 bits per heavy atom. The van der Waals surface area contributed by atoms with Crippen LogP contribution in [0.25, 0.3) is 32.1 Å². The van der Waals surface area contributed by atoms with E-state index in [0.717, 1.165) is 19.4 Å². The lowest BCUT2D eigenvalue weighted by Crippen LogP contribution is -2.55. The predicted octanol–water partition coefficient (Wildman–Crippen LogP) is 5.82. The highest BCUT2D eigenvalue weighted by atomic mass is 32.1. The molecular formula is C31H28F4N6O2S. The van der Waals surface area contributed by atoms with Crippen LogP contribution in [0.3, 0.4) is 0 Å². The lowest BCUT2D eigenvalue weighted by atomic mass is 10.0. The van der Waals surface area contributed by atoms with Crippen molar-refractivity contribution >= 4 is 44.1 Å². The molecule has 2 aromatic carbocycles. The zero-order valence-electron chi connectivity index (χ0n) is 23.8. The van der Waals surface area contributed by atoms with E-state index < -0.39 is 34.5 Å². The van der Waals surface area contributed by atoms with Crippen LogP contribution in [0.4, 0.5) is 23.4 Å². The summed E-state index contributed by atoms with van der Waals surface area (Å²) in [7, 11) is 2.02. The molecule has 228 valence electrons. The normalized spacial score (nSPS) is 19.1. The van der Waals surface area contributed by atoms with Crippen molar-refractivity contribution in [1.29, 1.82) is 5.26 Å². The first-order valence-corrected chi connectivity index (χ1v) is 15.0. The van der Waals surface area contributed by atoms with E-state index in [1.165, 1.54) is 29.2 Å². The van der Waals surface area contributed by atoms with Crippen LogP contribution in [-0.2, 0) is 4.79 Å². The molecule has 2 saturated heterocycles. The number of fused-ring (bicyclic) bond motifs is 2. The number of nitrogens with zero attached hydrogens (tertiary/aromatic N) is 6. The average Bonchev–Trinajstić information content (AvgIpc) is 3.56. The molecule has 2 fully saturated rings. The van der Waals surface area contributed by atoms with Crippen LogP contribution >= 0.6 is 11.3 Å². The number of piperazine rings is 1. The maximum atomic E-state index is 15.9. The van der Waals surface area contributed by atoms with Crippen molar-refractivity contribution in [2.24, 2.45) is 0 Å². The number of thiophene rings is 1. The highest BCUT2D eigenvalue weighted by molar-refractivity contribution is 7.18. The zero-order chi connectivity index (χ0) is 31.1. The number of carbonyl (C=O) groups is 1. The summed E-state index contributed by atoms with van der Waals surface area (Å²) < 4.78 is 64.6. The van der Waals surface area contributed by atoms with Crippen LogP contribution in [-0.4, -0.2) is 77.6 Å². The smallest absolute Gasteiger partial charge is 0.319 e. The Labute approximate surface area is 254 Å². The van der Waals surface area contributed by atoms with Crippen molar-refractivity contribution in [3.8, 4) is 23.2 Å². The van der Waals surface area contributed by atoms with E-state index in [9.17, 15) is 23.2 Å². The topological polar surface area (TPSA) is 85.6 Å². The SMILES string of the molecule is C=C(F)C(=O)N1CCN(c2nc(OC[C@@H]3CCCN3C)nc3cc(-c4cccc5c(F)c(F)sc45)c(F)cc23)C[C@@H]1CC#N. The largest absolute Gasteiger partial charge is 0.462 e. The van der Waals surface area contributed by atoms with E-state index in [2.05, 4.69) is 21.4 Å². The van der Waals surface area contributed by atoms with Gasteiger partial charge in [0.05, 0.1) is 24.0 Å². The van der Waals surface area contributed by atoms with Crippen molar-refractivity contribution < 1.29 is 27.1 Å². The van der Waals surface area contributed by atoms with Crippen molar-refractivity contribution in [1.82, 2.24) is 19.8 Å². The molecule has 0 unspecified atom stereocenters. The highest BCUT2D eigenvalue weighted by Gasteiger charge is 2.33. The minimum atomic E-state index is -1.11. The van der Waals surface area contributed by atoms with E-state index >= 15 is 4.39 Å². The van der Waals surface area contributed by atoms with Crippen LogP contribution in [0, 0.1) is 28.1 Å². The van der Waals surface area contributed by atoms with Gasteiger partial charge >= 0.3 is 6.01 Å². The second-order valence-corrected chi connectivity index (χ2v) is 12.0. The molecule has 4 aromatic rings. The molecule has 6 rings (SSSR count). The molecule has 0 spiro atoms. The summed E-state index contributed by atoms with van der Waals surface area (Å²) in [5, 5.41) is 8.85. The number of benzene rings is 2. The Morgan fingerprint density at radius 2 is 1.95 bits per heavy atom. The monoisotopic (exact) mass is 624 g/mol. The summed E-state index contributed by atoms with van der Waals surface area (Å²) in [6.45, 7) is 4.81. The number of hydrogen-bond acceptors (Lipinski definition) is 8. The number of halogens is 4. The van der Waals surface area contributed by atoms with Crippen LogP contribution in [0.1, 0.15) is 19.3 Å². The average molecular weight is 625 g/mol. The maximum Gasteiger partial charge on any atom is 0.319 e. The van der Waals surface area contributed by atoms with Crippen molar-refractivity contribution in [2.45, 2.75) is 31.3 Å². The van der Waals surface area contributed by atoms with E-state index in [-0.39, 0.29) is 53.8 Å². The summed E-state index contributed by atoms with van der Waals surface area (Å²) in [6.07, 6.45) is 1.93. The number of carbonyl (C=O) groups excluding carboxylic acids is 1. The molecule has 0 N–H and O–H groups in total. The molecule has 4 heterocycles. The number of rotatable bonds is 7. The molecule has 2 aliphatic rings. The maximum absolute atomic E-state index is 15.9. The van der Waals surface area contributed by atoms with Gasteiger partial charge in [0.25, 0.3) is 5.91 Å². The van der Waals surface area contributed by atoms with Gasteiger partial charge in [-0.05, 0) is 38.6 Å². The third kappa shape index (κ3) is 5.44. The quantitative estimate of drug-likeness (QED) is 0.189. The van der Waals surface area contributed by atoms with Gasteiger partial charge in [-0.25, -0.2) is 13.2 Å². The number of nitriles is 1. The summed E-state index contributed by atoms with van der Waals surface area (Å²) in [6, 6.07) is 8.97. The Kier molecular flexibility index (Phi) is 8.13. The first kappa shape index (κ1) is 29.8. The number of likely N-dealkylation sites (N-methyl/N-ethyl adjacent to an activating group) is 1. The molecule has 0 bridgehead atoms. The Balaban J connectivity index is 1.44. The third-order valence-corrected chi connectivity index (χ3v) is 9.33. The minimum Gasteiger partial charge on any atom is -0.462 e. The third-order valence-electron chi connectivity index (χ3n) is 8.33. The molecule has 2 atom stereocenters. The number of aromatic nitrogens is 2. The fraction of sp³-hybridized carbons (Fsp3) is 0.355. The summed E-state index contributed by atoms with van der Waals surface area (Å²) in [4.78, 5) is 27.0. The fourth-order valence-corrected chi connectivity index (χ4v) is 6.94. The van der Waals surface area contributed by atoms with E-state index in [4.69, 9.17) is 4.74 Å². The van der Waals surface area contributed by atoms with E-state index in [1.54, 1.807) is 11.0 Å². The van der Waals surface area contributed by atoms with E-state index in [0.29, 0.717) is 40.2 Å². The molecule has 0 radical (unpaired) electrons. The lowest BCUT2D eigenvalue weighted by Gasteiger charge is -2.41. The van der Waals surface area contributed by atoms with Crippen LogP contribution < -0.4 is 9.64 Å². The fourth-order valence-electron chi connectivity index (χ4n) is 6.01. The molecule has 2 aromatic heterocycles. The zero-order valence-corrected chi connectivity index (χ0v) is 24.6. The molecule has 1 amide bonds. The first-order chi connectivity index (χ1) is 21.2. The summed E-state index contributed by atoms with van der Waals surface area (Å²) in [5.41, 5.74) is 0.760. The second kappa shape index (κ2) is 12.0. The van der Waals surface area contributed by atoms with Gasteiger partial charge in [0.1, 0.15) is 18.2 Å². The van der Waals surface area contributed by atoms with E-state index in [1.807, 2.05) is 13.1 Å². The van der Waals surface area contributed by atoms with Crippen LogP contribution in [0.2, 0.25) is 0 Å². The van der Waals surface area contributed by atoms with Gasteiger partial charge in [-0.1, -0.05) is 24.8 Å². The van der Waals surface area contributed by atoms with Gasteiger partial charge in [0, 0.05) is 52.3 Å². The summed E-state index contributed by atoms with van der Waals surface area (Å²) in [5.74, 6) is -3.30. The Morgan fingerprint density at radius 1 is 1.14 bits per heavy atom. The van der Waals surface area contributed by atoms with Crippen molar-refractivity contribution in [2.75, 3.05) is 44.7 Å². The number of likely N-dealkylation sites (tertiary alicyclic amines) is 1. The minimum absolute atomic E-state index is 0.0595. The molecule has 8 nitrogen and oxygen atoms in total. The van der Waals surface area contributed by atoms with Gasteiger partial charge in [-0.15, -0.1) is 11.3 Å². The van der Waals surface area contributed by atoms with Gasteiger partial charge in [-0.3, -0.25) is 4.79 Å². The van der Waals surface area contributed by atoms with Crippen molar-refractivity contribution in [3.63, 3.8) is 0 Å². The first-order valence-electron chi connectivity index (χ1n) is 14.1. The Hall–Kier alpha value is -4.28. The van der Waals surface area contributed by atoms with Gasteiger partial charge in [0.15, 0.2) is 11.6 Å². The molecular weight excluding hydrogens is 596 g/mol. The number of hydrogen-bond donors (Lipinski definition) is 0. The molecule has 2 aliphatic heterocycles. The number of anilines is 1. The molecule has 13 heteroatoms. The van der Waals surface area contributed by atoms with Crippen molar-refractivity contribution in [3.05, 3.63) is 59.5 Å². The number of ether oxygens (including phenoxy) is 1. The summed E-state index contributed by atoms with van der Waals surface area (Å²) >= 11 is 0.605. The lowest BCUT2D eigenvalue weighted by molar-refractivity contribution is -0.131. The molecule has 0 aliphatic carbocycles. The Bertz CT molecular complexity index is 1820. The van der Waals surface area contributed by atoms with Gasteiger partial charge in [0.2, 0.25) is 5.13 Å². The van der Waals surface area contributed by atoms with Crippen LogP contribution in [0.15, 0.2) is 42.7 Å². The molecule has 0 saturated carbocycles.